The molecule has 1 saturated heterocycles. The van der Waals surface area contributed by atoms with Gasteiger partial charge in [0.2, 0.25) is 5.88 Å². The highest BCUT2D eigenvalue weighted by atomic mass is 32.2. The first kappa shape index (κ1) is 26.1. The van der Waals surface area contributed by atoms with E-state index >= 15 is 0 Å². The average Bonchev–Trinajstić information content (AvgIpc) is 3.57. The minimum atomic E-state index is -3.95. The molecule has 3 amide bonds. The van der Waals surface area contributed by atoms with Crippen molar-refractivity contribution in [2.45, 2.75) is 36.5 Å². The fourth-order valence-electron chi connectivity index (χ4n) is 5.96. The van der Waals surface area contributed by atoms with Gasteiger partial charge in [0.05, 0.1) is 12.2 Å². The van der Waals surface area contributed by atoms with E-state index in [0.717, 1.165) is 55.7 Å². The van der Waals surface area contributed by atoms with Crippen LogP contribution in [0, 0.1) is 5.92 Å². The van der Waals surface area contributed by atoms with Gasteiger partial charge < -0.3 is 19.3 Å². The van der Waals surface area contributed by atoms with E-state index < -0.39 is 15.9 Å². The van der Waals surface area contributed by atoms with E-state index in [9.17, 15) is 22.8 Å². The van der Waals surface area contributed by atoms with Crippen LogP contribution in [0.15, 0.2) is 46.4 Å². The van der Waals surface area contributed by atoms with Crippen molar-refractivity contribution in [2.75, 3.05) is 46.0 Å². The van der Waals surface area contributed by atoms with Crippen molar-refractivity contribution >= 4 is 27.7 Å². The number of carbonyl (C=O) groups excluding carboxylic acids is 3. The molecule has 0 bridgehead atoms. The molecule has 214 valence electrons. The minimum absolute atomic E-state index is 0.0378. The topological polar surface area (TPSA) is 135 Å². The Morgan fingerprint density at radius 2 is 1.59 bits per heavy atom. The van der Waals surface area contributed by atoms with Crippen molar-refractivity contribution in [3.63, 3.8) is 0 Å². The highest BCUT2D eigenvalue weighted by molar-refractivity contribution is 7.90. The lowest BCUT2D eigenvalue weighted by Gasteiger charge is -2.24. The van der Waals surface area contributed by atoms with E-state index in [1.807, 2.05) is 10.8 Å². The largest absolute Gasteiger partial charge is 0.477 e. The fraction of sp³-hybridized carbons (Fsp3) is 0.448. The zero-order valence-electron chi connectivity index (χ0n) is 22.4. The lowest BCUT2D eigenvalue weighted by Crippen LogP contribution is -2.36. The van der Waals surface area contributed by atoms with Crippen LogP contribution >= 0.6 is 0 Å². The van der Waals surface area contributed by atoms with Gasteiger partial charge in [-0.1, -0.05) is 0 Å². The van der Waals surface area contributed by atoms with Crippen molar-refractivity contribution in [2.24, 2.45) is 5.92 Å². The molecule has 1 saturated carbocycles. The number of pyridine rings is 1. The number of carbonyl (C=O) groups is 3. The molecule has 2 aromatic rings. The molecule has 2 fully saturated rings. The van der Waals surface area contributed by atoms with E-state index in [0.29, 0.717) is 56.1 Å². The quantitative estimate of drug-likeness (QED) is 0.515. The first-order valence-corrected chi connectivity index (χ1v) is 15.5. The lowest BCUT2D eigenvalue weighted by atomic mass is 10.0. The number of ether oxygens (including phenoxy) is 2. The van der Waals surface area contributed by atoms with Gasteiger partial charge in [0.15, 0.2) is 0 Å². The molecule has 5 heterocycles. The molecule has 0 radical (unpaired) electrons. The van der Waals surface area contributed by atoms with Gasteiger partial charge in [-0.15, -0.1) is 0 Å². The zero-order chi connectivity index (χ0) is 28.3. The number of rotatable bonds is 6. The maximum Gasteiger partial charge on any atom is 0.266 e. The number of amides is 3. The van der Waals surface area contributed by atoms with E-state index in [1.165, 1.54) is 18.2 Å². The number of hydrogen-bond acceptors (Lipinski definition) is 8. The molecule has 12 heteroatoms. The molecule has 1 N–H and O–H groups in total. The summed E-state index contributed by atoms with van der Waals surface area (Å²) in [6, 6.07) is 7.73. The van der Waals surface area contributed by atoms with Crippen molar-refractivity contribution in [3.8, 4) is 5.88 Å². The molecule has 0 unspecified atom stereocenters. The molecule has 1 aromatic heterocycles. The van der Waals surface area contributed by atoms with Gasteiger partial charge in [-0.2, -0.15) is 0 Å². The highest BCUT2D eigenvalue weighted by Gasteiger charge is 2.37. The molecule has 41 heavy (non-hydrogen) atoms. The summed E-state index contributed by atoms with van der Waals surface area (Å²) in [5.74, 6) is 0.197. The maximum atomic E-state index is 13.6. The summed E-state index contributed by atoms with van der Waals surface area (Å²) in [5.41, 5.74) is 3.75. The number of nitrogens with zero attached hydrogens (tertiary/aromatic N) is 3. The predicted molar refractivity (Wildman–Crippen MR) is 145 cm³/mol. The van der Waals surface area contributed by atoms with Crippen molar-refractivity contribution in [1.82, 2.24) is 19.5 Å². The molecule has 1 aromatic carbocycles. The Morgan fingerprint density at radius 3 is 2.24 bits per heavy atom. The number of fused-ring (bicyclic) bond motifs is 1. The van der Waals surface area contributed by atoms with Crippen molar-refractivity contribution in [3.05, 3.63) is 63.9 Å². The standard InChI is InChI=1S/C29H30N4O7S/c34-27-23-4-3-19(10-25(23)41(37,38)31-27)28(35)32-12-21-14-33(15-22(21)13-32)29(36)20-9-24(18-1-2-18)30-26(11-20)40-16-17-5-7-39-8-6-17/h3-4,9-11,17-18H,1-2,5-8,12-16H2,(H,31,34). The highest BCUT2D eigenvalue weighted by Crippen LogP contribution is 2.40. The van der Waals surface area contributed by atoms with Gasteiger partial charge in [0.1, 0.15) is 4.90 Å². The summed E-state index contributed by atoms with van der Waals surface area (Å²) in [6.45, 7) is 3.63. The van der Waals surface area contributed by atoms with Crippen LogP contribution in [0.2, 0.25) is 0 Å². The predicted octanol–water partition coefficient (Wildman–Crippen LogP) is 2.10. The van der Waals surface area contributed by atoms with E-state index in [2.05, 4.69) is 0 Å². The molecule has 7 rings (SSSR count). The monoisotopic (exact) mass is 578 g/mol. The van der Waals surface area contributed by atoms with Gasteiger partial charge in [0.25, 0.3) is 27.7 Å². The molecule has 5 aliphatic rings. The number of benzene rings is 1. The summed E-state index contributed by atoms with van der Waals surface area (Å²) >= 11 is 0. The first-order chi connectivity index (χ1) is 19.7. The fourth-order valence-corrected chi connectivity index (χ4v) is 7.15. The molecule has 11 nitrogen and oxygen atoms in total. The molecule has 0 spiro atoms. The smallest absolute Gasteiger partial charge is 0.266 e. The van der Waals surface area contributed by atoms with Crippen LogP contribution in [0.3, 0.4) is 0 Å². The Morgan fingerprint density at radius 1 is 0.927 bits per heavy atom. The Labute approximate surface area is 237 Å². The number of hydrogen-bond donors (Lipinski definition) is 1. The number of nitrogens with one attached hydrogen (secondary N) is 1. The molecule has 0 atom stereocenters. The molecular formula is C29H30N4O7S. The van der Waals surface area contributed by atoms with Crippen LogP contribution in [-0.4, -0.2) is 86.9 Å². The van der Waals surface area contributed by atoms with Gasteiger partial charge in [-0.25, -0.2) is 18.1 Å². The summed E-state index contributed by atoms with van der Waals surface area (Å²) in [7, 11) is -3.95. The van der Waals surface area contributed by atoms with Crippen LogP contribution in [0.1, 0.15) is 68.4 Å². The van der Waals surface area contributed by atoms with Crippen LogP contribution in [-0.2, 0) is 14.8 Å². The number of aromatic nitrogens is 1. The third-order valence-corrected chi connectivity index (χ3v) is 9.83. The Bertz CT molecular complexity index is 1590. The minimum Gasteiger partial charge on any atom is -0.477 e. The van der Waals surface area contributed by atoms with E-state index in [-0.39, 0.29) is 27.8 Å². The van der Waals surface area contributed by atoms with Gasteiger partial charge >= 0.3 is 0 Å². The van der Waals surface area contributed by atoms with Gasteiger partial charge in [0, 0.05) is 68.2 Å². The summed E-state index contributed by atoms with van der Waals surface area (Å²) in [6.07, 6.45) is 4.05. The van der Waals surface area contributed by atoms with Gasteiger partial charge in [-0.05, 0) is 67.0 Å². The lowest BCUT2D eigenvalue weighted by molar-refractivity contribution is 0.0490. The number of sulfonamides is 1. The average molecular weight is 579 g/mol. The summed E-state index contributed by atoms with van der Waals surface area (Å²) in [5, 5.41) is 0. The normalized spacial score (nSPS) is 21.6. The SMILES string of the molecule is O=C1NS(=O)(=O)c2cc(C(=O)N3CC4=C(CN(C(=O)c5cc(OCC6CCOCC6)nc(C6CC6)c5)C4)C3)ccc21. The summed E-state index contributed by atoms with van der Waals surface area (Å²) in [4.78, 5) is 46.6. The second-order valence-corrected chi connectivity index (χ2v) is 13.1. The second kappa shape index (κ2) is 9.95. The van der Waals surface area contributed by atoms with Crippen LogP contribution < -0.4 is 9.46 Å². The van der Waals surface area contributed by atoms with E-state index in [4.69, 9.17) is 14.5 Å². The van der Waals surface area contributed by atoms with Crippen molar-refractivity contribution < 1.29 is 32.3 Å². The third kappa shape index (κ3) is 4.99. The third-order valence-electron chi connectivity index (χ3n) is 8.46. The van der Waals surface area contributed by atoms with Gasteiger partial charge in [-0.3, -0.25) is 14.4 Å². The maximum absolute atomic E-state index is 13.6. The molecular weight excluding hydrogens is 548 g/mol. The summed E-state index contributed by atoms with van der Waals surface area (Å²) < 4.78 is 37.9. The second-order valence-electron chi connectivity index (χ2n) is 11.4. The Balaban J connectivity index is 1.01. The van der Waals surface area contributed by atoms with Crippen LogP contribution in [0.5, 0.6) is 5.88 Å². The van der Waals surface area contributed by atoms with E-state index in [1.54, 1.807) is 15.9 Å². The van der Waals surface area contributed by atoms with Crippen molar-refractivity contribution in [1.29, 1.82) is 0 Å². The molecule has 1 aliphatic carbocycles. The first-order valence-electron chi connectivity index (χ1n) is 14.0. The Kier molecular flexibility index (Phi) is 6.35. The molecule has 4 aliphatic heterocycles. The van der Waals surface area contributed by atoms with Crippen LogP contribution in [0.25, 0.3) is 0 Å². The zero-order valence-corrected chi connectivity index (χ0v) is 23.2. The Hall–Kier alpha value is -3.77. The van der Waals surface area contributed by atoms with Crippen LogP contribution in [0.4, 0.5) is 0 Å².